The highest BCUT2D eigenvalue weighted by Gasteiger charge is 2.25. The van der Waals surface area contributed by atoms with Crippen molar-refractivity contribution < 1.29 is 9.53 Å². The summed E-state index contributed by atoms with van der Waals surface area (Å²) >= 11 is 0. The number of hydrogen-bond donors (Lipinski definition) is 2. The number of H-pyrrole nitrogens is 1. The Morgan fingerprint density at radius 1 is 1.43 bits per heavy atom. The molecule has 120 valence electrons. The third kappa shape index (κ3) is 3.77. The predicted octanol–water partition coefficient (Wildman–Crippen LogP) is 0.988. The summed E-state index contributed by atoms with van der Waals surface area (Å²) < 4.78 is 5.63. The van der Waals surface area contributed by atoms with Gasteiger partial charge in [-0.2, -0.15) is 0 Å². The quantitative estimate of drug-likeness (QED) is 0.881. The maximum atomic E-state index is 12.2. The first-order valence-corrected chi connectivity index (χ1v) is 7.67. The van der Waals surface area contributed by atoms with Crippen LogP contribution in [0.4, 0.5) is 0 Å². The van der Waals surface area contributed by atoms with Gasteiger partial charge >= 0.3 is 0 Å². The number of aromatic nitrogens is 2. The Balaban J connectivity index is 1.53. The fraction of sp³-hybridized carbons (Fsp3) is 0.353. The summed E-state index contributed by atoms with van der Waals surface area (Å²) in [5, 5.41) is 2.89. The van der Waals surface area contributed by atoms with Gasteiger partial charge in [0.1, 0.15) is 18.2 Å². The SMILES string of the molecule is Cc1cc(=O)[nH]c(CCNC(=O)[C@@H]2COc3ccccc3C2)n1. The van der Waals surface area contributed by atoms with Crippen LogP contribution in [0.25, 0.3) is 0 Å². The molecule has 6 nitrogen and oxygen atoms in total. The standard InChI is InChI=1S/C17H19N3O3/c1-11-8-16(21)20-15(19-11)6-7-18-17(22)13-9-12-4-2-3-5-14(12)23-10-13/h2-5,8,13H,6-7,9-10H2,1H3,(H,18,22)(H,19,20,21)/t13-/m0/s1. The van der Waals surface area contributed by atoms with Gasteiger partial charge in [0.25, 0.3) is 5.56 Å². The van der Waals surface area contributed by atoms with Crippen molar-refractivity contribution in [3.63, 3.8) is 0 Å². The van der Waals surface area contributed by atoms with Gasteiger partial charge < -0.3 is 15.0 Å². The fourth-order valence-electron chi connectivity index (χ4n) is 2.70. The van der Waals surface area contributed by atoms with E-state index >= 15 is 0 Å². The number of fused-ring (bicyclic) bond motifs is 1. The number of nitrogens with one attached hydrogen (secondary N) is 2. The van der Waals surface area contributed by atoms with E-state index in [0.29, 0.717) is 37.5 Å². The molecule has 2 N–H and O–H groups in total. The van der Waals surface area contributed by atoms with E-state index in [9.17, 15) is 9.59 Å². The molecule has 1 aromatic carbocycles. The second kappa shape index (κ2) is 6.64. The molecule has 0 aliphatic carbocycles. The topological polar surface area (TPSA) is 84.1 Å². The molecule has 1 aliphatic heterocycles. The number of benzene rings is 1. The molecule has 3 rings (SSSR count). The summed E-state index contributed by atoms with van der Waals surface area (Å²) in [6, 6.07) is 9.22. The molecule has 0 saturated heterocycles. The zero-order valence-corrected chi connectivity index (χ0v) is 13.0. The smallest absolute Gasteiger partial charge is 0.251 e. The highest BCUT2D eigenvalue weighted by atomic mass is 16.5. The molecule has 0 saturated carbocycles. The van der Waals surface area contributed by atoms with Crippen molar-refractivity contribution in [2.45, 2.75) is 19.8 Å². The largest absolute Gasteiger partial charge is 0.492 e. The molecule has 6 heteroatoms. The Bertz CT molecular complexity index is 770. The van der Waals surface area contributed by atoms with Gasteiger partial charge in [-0.25, -0.2) is 4.98 Å². The Morgan fingerprint density at radius 2 is 2.26 bits per heavy atom. The van der Waals surface area contributed by atoms with Gasteiger partial charge in [0, 0.05) is 24.7 Å². The molecule has 0 radical (unpaired) electrons. The molecule has 0 bridgehead atoms. The van der Waals surface area contributed by atoms with E-state index in [1.807, 2.05) is 24.3 Å². The lowest BCUT2D eigenvalue weighted by Gasteiger charge is -2.24. The summed E-state index contributed by atoms with van der Waals surface area (Å²) in [6.07, 6.45) is 1.17. The van der Waals surface area contributed by atoms with E-state index in [2.05, 4.69) is 15.3 Å². The van der Waals surface area contributed by atoms with Crippen LogP contribution in [0.1, 0.15) is 17.1 Å². The minimum atomic E-state index is -0.186. The number of ether oxygens (including phenoxy) is 1. The van der Waals surface area contributed by atoms with Crippen molar-refractivity contribution in [2.24, 2.45) is 5.92 Å². The van der Waals surface area contributed by atoms with Crippen LogP contribution in [0.2, 0.25) is 0 Å². The van der Waals surface area contributed by atoms with E-state index in [1.165, 1.54) is 6.07 Å². The lowest BCUT2D eigenvalue weighted by Crippen LogP contribution is -2.38. The monoisotopic (exact) mass is 313 g/mol. The van der Waals surface area contributed by atoms with Crippen molar-refractivity contribution in [3.05, 3.63) is 57.8 Å². The van der Waals surface area contributed by atoms with Crippen LogP contribution >= 0.6 is 0 Å². The van der Waals surface area contributed by atoms with E-state index in [4.69, 9.17) is 4.74 Å². The lowest BCUT2D eigenvalue weighted by molar-refractivity contribution is -0.126. The van der Waals surface area contributed by atoms with Crippen LogP contribution < -0.4 is 15.6 Å². The van der Waals surface area contributed by atoms with Crippen molar-refractivity contribution in [1.29, 1.82) is 0 Å². The van der Waals surface area contributed by atoms with E-state index in [0.717, 1.165) is 11.3 Å². The first-order valence-electron chi connectivity index (χ1n) is 7.67. The lowest BCUT2D eigenvalue weighted by atomic mass is 9.96. The zero-order valence-electron chi connectivity index (χ0n) is 13.0. The second-order valence-electron chi connectivity index (χ2n) is 5.69. The maximum absolute atomic E-state index is 12.2. The molecule has 1 amide bonds. The molecular weight excluding hydrogens is 294 g/mol. The Hall–Kier alpha value is -2.63. The maximum Gasteiger partial charge on any atom is 0.251 e. The molecule has 1 aromatic heterocycles. The molecule has 0 unspecified atom stereocenters. The number of aryl methyl sites for hydroxylation is 1. The number of rotatable bonds is 4. The summed E-state index contributed by atoms with van der Waals surface area (Å²) in [5.74, 6) is 1.22. The normalized spacial score (nSPS) is 16.3. The number of nitrogens with zero attached hydrogens (tertiary/aromatic N) is 1. The zero-order chi connectivity index (χ0) is 16.2. The van der Waals surface area contributed by atoms with Crippen molar-refractivity contribution in [3.8, 4) is 5.75 Å². The molecular formula is C17H19N3O3. The predicted molar refractivity (Wildman–Crippen MR) is 85.4 cm³/mol. The second-order valence-corrected chi connectivity index (χ2v) is 5.69. The number of carbonyl (C=O) groups is 1. The van der Waals surface area contributed by atoms with E-state index in [-0.39, 0.29) is 17.4 Å². The van der Waals surface area contributed by atoms with Crippen molar-refractivity contribution >= 4 is 5.91 Å². The summed E-state index contributed by atoms with van der Waals surface area (Å²) in [4.78, 5) is 30.5. The number of hydrogen-bond acceptors (Lipinski definition) is 4. The summed E-state index contributed by atoms with van der Waals surface area (Å²) in [6.45, 7) is 2.60. The Labute approximate surface area is 133 Å². The van der Waals surface area contributed by atoms with Gasteiger partial charge in [0.05, 0.1) is 5.92 Å². The van der Waals surface area contributed by atoms with Crippen LogP contribution in [0.15, 0.2) is 35.1 Å². The fourth-order valence-corrected chi connectivity index (χ4v) is 2.70. The highest BCUT2D eigenvalue weighted by molar-refractivity contribution is 5.79. The average Bonchev–Trinajstić information content (AvgIpc) is 2.53. The van der Waals surface area contributed by atoms with Gasteiger partial charge in [-0.1, -0.05) is 18.2 Å². The molecule has 0 fully saturated rings. The van der Waals surface area contributed by atoms with Gasteiger partial charge in [-0.15, -0.1) is 0 Å². The number of para-hydroxylation sites is 1. The highest BCUT2D eigenvalue weighted by Crippen LogP contribution is 2.26. The minimum absolute atomic E-state index is 0.0329. The van der Waals surface area contributed by atoms with Crippen molar-refractivity contribution in [2.75, 3.05) is 13.2 Å². The number of amides is 1. The number of carbonyl (C=O) groups excluding carboxylic acids is 1. The van der Waals surface area contributed by atoms with Crippen LogP contribution in [0.3, 0.4) is 0 Å². The third-order valence-corrected chi connectivity index (χ3v) is 3.83. The van der Waals surface area contributed by atoms with Crippen LogP contribution in [0.5, 0.6) is 5.75 Å². The van der Waals surface area contributed by atoms with Crippen LogP contribution in [-0.2, 0) is 17.6 Å². The van der Waals surface area contributed by atoms with E-state index in [1.54, 1.807) is 6.92 Å². The molecule has 2 aromatic rings. The molecule has 0 spiro atoms. The van der Waals surface area contributed by atoms with Crippen LogP contribution in [0, 0.1) is 12.8 Å². The summed E-state index contributed by atoms with van der Waals surface area (Å²) in [5.41, 5.74) is 1.56. The Kier molecular flexibility index (Phi) is 4.41. The van der Waals surface area contributed by atoms with E-state index < -0.39 is 0 Å². The Morgan fingerprint density at radius 3 is 3.09 bits per heavy atom. The van der Waals surface area contributed by atoms with Gasteiger partial charge in [-0.05, 0) is 25.0 Å². The van der Waals surface area contributed by atoms with Gasteiger partial charge in [0.2, 0.25) is 5.91 Å². The molecule has 1 atom stereocenters. The van der Waals surface area contributed by atoms with Crippen molar-refractivity contribution in [1.82, 2.24) is 15.3 Å². The first kappa shape index (κ1) is 15.3. The molecule has 1 aliphatic rings. The van der Waals surface area contributed by atoms with Crippen LogP contribution in [-0.4, -0.2) is 29.0 Å². The van der Waals surface area contributed by atoms with Gasteiger partial charge in [-0.3, -0.25) is 9.59 Å². The third-order valence-electron chi connectivity index (χ3n) is 3.83. The number of aromatic amines is 1. The first-order chi connectivity index (χ1) is 11.1. The molecule has 2 heterocycles. The summed E-state index contributed by atoms with van der Waals surface area (Å²) in [7, 11) is 0. The molecule has 23 heavy (non-hydrogen) atoms. The minimum Gasteiger partial charge on any atom is -0.492 e. The average molecular weight is 313 g/mol. The van der Waals surface area contributed by atoms with Gasteiger partial charge in [0.15, 0.2) is 0 Å².